The minimum Gasteiger partial charge on any atom is -0.481 e. The fraction of sp³-hybridized carbons (Fsp3) is 0.929. The lowest BCUT2D eigenvalue weighted by molar-refractivity contribution is -0.152. The second kappa shape index (κ2) is 5.64. The van der Waals surface area contributed by atoms with Crippen LogP contribution in [0.4, 0.5) is 0 Å². The first kappa shape index (κ1) is 15.8. The Morgan fingerprint density at radius 1 is 1.30 bits per heavy atom. The summed E-state index contributed by atoms with van der Waals surface area (Å²) in [5.74, 6) is -0.703. The van der Waals surface area contributed by atoms with E-state index in [0.29, 0.717) is 32.4 Å². The molecule has 1 aliphatic heterocycles. The summed E-state index contributed by atoms with van der Waals surface area (Å²) in [6.45, 7) is 3.34. The van der Waals surface area contributed by atoms with Crippen molar-refractivity contribution in [3.05, 3.63) is 0 Å². The van der Waals surface area contributed by atoms with Crippen LogP contribution in [0.3, 0.4) is 0 Å². The summed E-state index contributed by atoms with van der Waals surface area (Å²) in [6, 6.07) is 0.0913. The summed E-state index contributed by atoms with van der Waals surface area (Å²) in [5.41, 5.74) is -0.601. The summed E-state index contributed by atoms with van der Waals surface area (Å²) < 4.78 is 23.7. The van der Waals surface area contributed by atoms with Gasteiger partial charge in [0, 0.05) is 12.3 Å². The molecule has 1 N–H and O–H groups in total. The normalized spacial score (nSPS) is 31.3. The van der Waals surface area contributed by atoms with Gasteiger partial charge in [-0.1, -0.05) is 13.3 Å². The van der Waals surface area contributed by atoms with Gasteiger partial charge in [-0.2, -0.15) is 0 Å². The fourth-order valence-corrected chi connectivity index (χ4v) is 5.30. The van der Waals surface area contributed by atoms with Crippen LogP contribution in [0.15, 0.2) is 0 Å². The molecule has 2 atom stereocenters. The number of carboxylic acid groups (broad SMARTS) is 1. The molecule has 0 bridgehead atoms. The highest BCUT2D eigenvalue weighted by Crippen LogP contribution is 2.38. The van der Waals surface area contributed by atoms with E-state index in [9.17, 15) is 18.3 Å². The van der Waals surface area contributed by atoms with E-state index < -0.39 is 21.2 Å². The molecule has 1 saturated carbocycles. The topological polar surface area (TPSA) is 74.7 Å². The van der Waals surface area contributed by atoms with Gasteiger partial charge in [-0.3, -0.25) is 9.69 Å². The van der Waals surface area contributed by atoms with E-state index in [1.165, 1.54) is 6.26 Å². The van der Waals surface area contributed by atoms with Gasteiger partial charge in [-0.15, -0.1) is 0 Å². The van der Waals surface area contributed by atoms with Gasteiger partial charge in [0.25, 0.3) is 0 Å². The Hall–Kier alpha value is -0.620. The molecule has 1 heterocycles. The standard InChI is InChI=1S/C14H25NO4S/c1-3-14(13(16)17)7-9-15(10-8-14)11-5-4-6-12(11)20(2,18)19/h11-12H,3-10H2,1-2H3,(H,16,17). The predicted molar refractivity (Wildman–Crippen MR) is 77.4 cm³/mol. The number of piperidine rings is 1. The molecular formula is C14H25NO4S. The van der Waals surface area contributed by atoms with Crippen molar-refractivity contribution in [2.24, 2.45) is 5.41 Å². The van der Waals surface area contributed by atoms with E-state index in [0.717, 1.165) is 19.3 Å². The molecule has 0 aromatic heterocycles. The van der Waals surface area contributed by atoms with Crippen LogP contribution in [-0.4, -0.2) is 55.0 Å². The number of aliphatic carboxylic acids is 1. The molecule has 2 unspecified atom stereocenters. The molecule has 5 nitrogen and oxygen atoms in total. The first-order valence-electron chi connectivity index (χ1n) is 7.46. The van der Waals surface area contributed by atoms with Gasteiger partial charge in [0.1, 0.15) is 0 Å². The number of carboxylic acids is 1. The first-order chi connectivity index (χ1) is 9.30. The molecule has 1 saturated heterocycles. The lowest BCUT2D eigenvalue weighted by Crippen LogP contribution is -2.51. The monoisotopic (exact) mass is 303 g/mol. The second-order valence-electron chi connectivity index (χ2n) is 6.34. The van der Waals surface area contributed by atoms with Crippen molar-refractivity contribution in [3.63, 3.8) is 0 Å². The fourth-order valence-electron chi connectivity index (χ4n) is 3.83. The Labute approximate surface area is 121 Å². The third kappa shape index (κ3) is 2.86. The molecule has 20 heavy (non-hydrogen) atoms. The zero-order valence-corrected chi connectivity index (χ0v) is 13.2. The van der Waals surface area contributed by atoms with E-state index in [4.69, 9.17) is 0 Å². The van der Waals surface area contributed by atoms with Gasteiger partial charge in [-0.05, 0) is 45.2 Å². The summed E-state index contributed by atoms with van der Waals surface area (Å²) in [7, 11) is -3.01. The maximum absolute atomic E-state index is 11.9. The van der Waals surface area contributed by atoms with E-state index in [1.54, 1.807) is 0 Å². The molecule has 1 aliphatic carbocycles. The van der Waals surface area contributed by atoms with E-state index in [-0.39, 0.29) is 11.3 Å². The van der Waals surface area contributed by atoms with Gasteiger partial charge in [0.2, 0.25) is 0 Å². The molecule has 0 radical (unpaired) electrons. The highest BCUT2D eigenvalue weighted by atomic mass is 32.2. The van der Waals surface area contributed by atoms with Crippen LogP contribution in [0.25, 0.3) is 0 Å². The highest BCUT2D eigenvalue weighted by molar-refractivity contribution is 7.91. The van der Waals surface area contributed by atoms with E-state index >= 15 is 0 Å². The van der Waals surface area contributed by atoms with Crippen LogP contribution in [0.5, 0.6) is 0 Å². The van der Waals surface area contributed by atoms with Crippen molar-refractivity contribution in [1.29, 1.82) is 0 Å². The summed E-state index contributed by atoms with van der Waals surface area (Å²) in [4.78, 5) is 13.7. The quantitative estimate of drug-likeness (QED) is 0.852. The molecular weight excluding hydrogens is 278 g/mol. The molecule has 2 fully saturated rings. The third-order valence-corrected chi connectivity index (χ3v) is 6.97. The summed E-state index contributed by atoms with van der Waals surface area (Å²) in [5, 5.41) is 9.14. The Morgan fingerprint density at radius 2 is 1.90 bits per heavy atom. The molecule has 0 aromatic rings. The van der Waals surface area contributed by atoms with Crippen molar-refractivity contribution in [1.82, 2.24) is 4.90 Å². The Kier molecular flexibility index (Phi) is 4.44. The number of sulfone groups is 1. The van der Waals surface area contributed by atoms with E-state index in [1.807, 2.05) is 6.92 Å². The second-order valence-corrected chi connectivity index (χ2v) is 8.61. The maximum atomic E-state index is 11.9. The highest BCUT2D eigenvalue weighted by Gasteiger charge is 2.44. The first-order valence-corrected chi connectivity index (χ1v) is 9.42. The lowest BCUT2D eigenvalue weighted by Gasteiger charge is -2.42. The van der Waals surface area contributed by atoms with Crippen LogP contribution < -0.4 is 0 Å². The molecule has 0 aromatic carbocycles. The van der Waals surface area contributed by atoms with Crippen LogP contribution >= 0.6 is 0 Å². The van der Waals surface area contributed by atoms with Crippen molar-refractivity contribution in [2.75, 3.05) is 19.3 Å². The van der Waals surface area contributed by atoms with E-state index in [2.05, 4.69) is 4.90 Å². The van der Waals surface area contributed by atoms with Crippen LogP contribution in [0.1, 0.15) is 45.4 Å². The number of likely N-dealkylation sites (tertiary alicyclic amines) is 1. The van der Waals surface area contributed by atoms with Crippen molar-refractivity contribution in [2.45, 2.75) is 56.7 Å². The average molecular weight is 303 g/mol. The smallest absolute Gasteiger partial charge is 0.309 e. The Bertz CT molecular complexity index is 466. The minimum absolute atomic E-state index is 0.0913. The van der Waals surface area contributed by atoms with Gasteiger partial charge in [0.05, 0.1) is 10.7 Å². The minimum atomic E-state index is -3.01. The zero-order chi connectivity index (χ0) is 15.0. The molecule has 0 amide bonds. The van der Waals surface area contributed by atoms with Gasteiger partial charge < -0.3 is 5.11 Å². The number of hydrogen-bond acceptors (Lipinski definition) is 4. The summed E-state index contributed by atoms with van der Waals surface area (Å²) in [6.07, 6.45) is 5.86. The number of hydrogen-bond donors (Lipinski definition) is 1. The SMILES string of the molecule is CCC1(C(=O)O)CCN(C2CCCC2S(C)(=O)=O)CC1. The Balaban J connectivity index is 2.05. The van der Waals surface area contributed by atoms with Crippen molar-refractivity contribution < 1.29 is 18.3 Å². The largest absolute Gasteiger partial charge is 0.481 e. The van der Waals surface area contributed by atoms with Gasteiger partial charge >= 0.3 is 5.97 Å². The van der Waals surface area contributed by atoms with Crippen molar-refractivity contribution in [3.8, 4) is 0 Å². The molecule has 0 spiro atoms. The average Bonchev–Trinajstić information content (AvgIpc) is 2.87. The third-order valence-electron chi connectivity index (χ3n) is 5.32. The molecule has 2 rings (SSSR count). The maximum Gasteiger partial charge on any atom is 0.309 e. The number of rotatable bonds is 4. The molecule has 6 heteroatoms. The lowest BCUT2D eigenvalue weighted by atomic mass is 9.76. The summed E-state index contributed by atoms with van der Waals surface area (Å²) >= 11 is 0. The molecule has 116 valence electrons. The van der Waals surface area contributed by atoms with Gasteiger partial charge in [0.15, 0.2) is 9.84 Å². The van der Waals surface area contributed by atoms with Crippen molar-refractivity contribution >= 4 is 15.8 Å². The van der Waals surface area contributed by atoms with Crippen LogP contribution in [0, 0.1) is 5.41 Å². The van der Waals surface area contributed by atoms with Crippen LogP contribution in [-0.2, 0) is 14.6 Å². The molecule has 2 aliphatic rings. The number of nitrogens with zero attached hydrogens (tertiary/aromatic N) is 1. The van der Waals surface area contributed by atoms with Gasteiger partial charge in [-0.25, -0.2) is 8.42 Å². The van der Waals surface area contributed by atoms with Crippen LogP contribution in [0.2, 0.25) is 0 Å². The number of carbonyl (C=O) groups is 1. The predicted octanol–water partition coefficient (Wildman–Crippen LogP) is 1.53. The Morgan fingerprint density at radius 3 is 2.35 bits per heavy atom. The zero-order valence-electron chi connectivity index (χ0n) is 12.3.